The summed E-state index contributed by atoms with van der Waals surface area (Å²) in [6.45, 7) is 1.80. The molecule has 0 amide bonds. The maximum Gasteiger partial charge on any atom is 0.303 e. The molecular weight excluding hydrogens is 244 g/mol. The highest BCUT2D eigenvalue weighted by molar-refractivity contribution is 7.92. The van der Waals surface area contributed by atoms with Gasteiger partial charge in [-0.1, -0.05) is 0 Å². The van der Waals surface area contributed by atoms with E-state index in [1.165, 1.54) is 6.20 Å². The maximum absolute atomic E-state index is 11.6. The molecule has 0 radical (unpaired) electrons. The quantitative estimate of drug-likeness (QED) is 0.793. The molecule has 0 fully saturated rings. The number of aromatic nitrogens is 1. The van der Waals surface area contributed by atoms with Crippen molar-refractivity contribution in [3.05, 3.63) is 24.0 Å². The summed E-state index contributed by atoms with van der Waals surface area (Å²) in [5.41, 5.74) is 1.23. The minimum atomic E-state index is -3.50. The zero-order valence-electron chi connectivity index (χ0n) is 9.38. The first-order chi connectivity index (χ1) is 7.89. The fraction of sp³-hybridized carbons (Fsp3) is 0.400. The van der Waals surface area contributed by atoms with Gasteiger partial charge in [0.25, 0.3) is 0 Å². The topological polar surface area (TPSA) is 96.4 Å². The minimum Gasteiger partial charge on any atom is -0.481 e. The Hall–Kier alpha value is -1.63. The lowest BCUT2D eigenvalue weighted by Gasteiger charge is -2.07. The lowest BCUT2D eigenvalue weighted by Crippen LogP contribution is -2.17. The molecule has 0 aromatic carbocycles. The van der Waals surface area contributed by atoms with E-state index in [1.54, 1.807) is 19.2 Å². The van der Waals surface area contributed by atoms with Crippen LogP contribution < -0.4 is 4.72 Å². The number of carbonyl (C=O) groups is 1. The molecule has 1 rings (SSSR count). The molecular formula is C10H14N2O4S. The molecule has 0 atom stereocenters. The third-order valence-corrected chi connectivity index (χ3v) is 3.32. The average molecular weight is 258 g/mol. The van der Waals surface area contributed by atoms with Crippen molar-refractivity contribution in [3.8, 4) is 0 Å². The lowest BCUT2D eigenvalue weighted by atomic mass is 10.3. The molecule has 0 unspecified atom stereocenters. The van der Waals surface area contributed by atoms with Crippen molar-refractivity contribution in [2.45, 2.75) is 19.8 Å². The van der Waals surface area contributed by atoms with Crippen molar-refractivity contribution in [1.29, 1.82) is 0 Å². The van der Waals surface area contributed by atoms with Crippen LogP contribution in [0.1, 0.15) is 18.4 Å². The van der Waals surface area contributed by atoms with Crippen LogP contribution >= 0.6 is 0 Å². The summed E-state index contributed by atoms with van der Waals surface area (Å²) in [7, 11) is -3.50. The Morgan fingerprint density at radius 1 is 1.47 bits per heavy atom. The Morgan fingerprint density at radius 2 is 2.18 bits per heavy atom. The maximum atomic E-state index is 11.6. The first-order valence-corrected chi connectivity index (χ1v) is 6.68. The van der Waals surface area contributed by atoms with Gasteiger partial charge in [0, 0.05) is 12.6 Å². The molecule has 1 aromatic rings. The van der Waals surface area contributed by atoms with Crippen LogP contribution in [0.5, 0.6) is 0 Å². The molecule has 0 aliphatic heterocycles. The van der Waals surface area contributed by atoms with Crippen LogP contribution in [0.4, 0.5) is 5.69 Å². The summed E-state index contributed by atoms with van der Waals surface area (Å²) in [6.07, 6.45) is 2.95. The number of aliphatic carboxylic acids is 1. The van der Waals surface area contributed by atoms with Crippen molar-refractivity contribution in [2.24, 2.45) is 0 Å². The fourth-order valence-corrected chi connectivity index (χ4v) is 2.35. The van der Waals surface area contributed by atoms with Crippen LogP contribution in [0.3, 0.4) is 0 Å². The van der Waals surface area contributed by atoms with Crippen LogP contribution in [0, 0.1) is 6.92 Å². The van der Waals surface area contributed by atoms with Gasteiger partial charge in [-0.3, -0.25) is 14.5 Å². The number of pyridine rings is 1. The molecule has 94 valence electrons. The number of hydrogen-bond acceptors (Lipinski definition) is 4. The monoisotopic (exact) mass is 258 g/mol. The number of nitrogens with one attached hydrogen (secondary N) is 1. The first-order valence-electron chi connectivity index (χ1n) is 5.03. The largest absolute Gasteiger partial charge is 0.481 e. The van der Waals surface area contributed by atoms with E-state index in [4.69, 9.17) is 5.11 Å². The minimum absolute atomic E-state index is 0.0872. The predicted octanol–water partition coefficient (Wildman–Crippen LogP) is 0.997. The second-order valence-electron chi connectivity index (χ2n) is 3.67. The fourth-order valence-electron chi connectivity index (χ4n) is 1.25. The van der Waals surface area contributed by atoms with Crippen molar-refractivity contribution < 1.29 is 18.3 Å². The van der Waals surface area contributed by atoms with Crippen LogP contribution in [-0.4, -0.2) is 30.2 Å². The normalized spacial score (nSPS) is 11.1. The van der Waals surface area contributed by atoms with E-state index in [0.717, 1.165) is 5.56 Å². The molecule has 0 saturated carbocycles. The highest BCUT2D eigenvalue weighted by atomic mass is 32.2. The van der Waals surface area contributed by atoms with Gasteiger partial charge in [-0.05, 0) is 25.0 Å². The van der Waals surface area contributed by atoms with E-state index in [9.17, 15) is 13.2 Å². The number of sulfonamides is 1. The van der Waals surface area contributed by atoms with Crippen LogP contribution in [0.25, 0.3) is 0 Å². The Bertz CT molecular complexity index is 499. The highest BCUT2D eigenvalue weighted by Gasteiger charge is 2.11. The smallest absolute Gasteiger partial charge is 0.303 e. The number of anilines is 1. The number of carboxylic acids is 1. The third-order valence-electron chi connectivity index (χ3n) is 1.95. The van der Waals surface area contributed by atoms with Crippen molar-refractivity contribution in [1.82, 2.24) is 4.98 Å². The number of rotatable bonds is 6. The van der Waals surface area contributed by atoms with Gasteiger partial charge in [-0.15, -0.1) is 0 Å². The predicted molar refractivity (Wildman–Crippen MR) is 63.3 cm³/mol. The summed E-state index contributed by atoms with van der Waals surface area (Å²) < 4.78 is 25.5. The summed E-state index contributed by atoms with van der Waals surface area (Å²) in [6, 6.07) is 1.65. The zero-order valence-corrected chi connectivity index (χ0v) is 10.2. The average Bonchev–Trinajstić information content (AvgIpc) is 2.15. The standard InChI is InChI=1S/C10H14N2O4S/c1-8-5-9(7-11-6-8)12-17(15,16)4-2-3-10(13)14/h5-7,12H,2-4H2,1H3,(H,13,14). The summed E-state index contributed by atoms with van der Waals surface area (Å²) in [5.74, 6) is -1.22. The Balaban J connectivity index is 2.57. The molecule has 6 nitrogen and oxygen atoms in total. The molecule has 0 saturated heterocycles. The molecule has 2 N–H and O–H groups in total. The van der Waals surface area contributed by atoms with Gasteiger partial charge in [0.05, 0.1) is 17.6 Å². The van der Waals surface area contributed by atoms with Crippen molar-refractivity contribution in [3.63, 3.8) is 0 Å². The van der Waals surface area contributed by atoms with Crippen LogP contribution in [0.2, 0.25) is 0 Å². The van der Waals surface area contributed by atoms with Crippen LogP contribution in [0.15, 0.2) is 18.5 Å². The van der Waals surface area contributed by atoms with Gasteiger partial charge < -0.3 is 5.11 Å². The zero-order chi connectivity index (χ0) is 12.9. The SMILES string of the molecule is Cc1cncc(NS(=O)(=O)CCCC(=O)O)c1. The number of aryl methyl sites for hydroxylation is 1. The number of hydrogen-bond donors (Lipinski definition) is 2. The van der Waals surface area contributed by atoms with Gasteiger partial charge in [-0.25, -0.2) is 8.42 Å². The molecule has 0 aliphatic carbocycles. The molecule has 7 heteroatoms. The van der Waals surface area contributed by atoms with Gasteiger partial charge in [0.1, 0.15) is 0 Å². The Kier molecular flexibility index (Phi) is 4.45. The molecule has 1 aromatic heterocycles. The lowest BCUT2D eigenvalue weighted by molar-refractivity contribution is -0.137. The molecule has 17 heavy (non-hydrogen) atoms. The third kappa shape index (κ3) is 5.30. The van der Waals surface area contributed by atoms with Crippen molar-refractivity contribution in [2.75, 3.05) is 10.5 Å². The number of carboxylic acid groups (broad SMARTS) is 1. The summed E-state index contributed by atoms with van der Waals surface area (Å²) in [5, 5.41) is 8.41. The summed E-state index contributed by atoms with van der Waals surface area (Å²) in [4.78, 5) is 14.1. The van der Waals surface area contributed by atoms with Crippen LogP contribution in [-0.2, 0) is 14.8 Å². The number of nitrogens with zero attached hydrogens (tertiary/aromatic N) is 1. The second-order valence-corrected chi connectivity index (χ2v) is 5.51. The Labute approximate surface area is 99.7 Å². The first kappa shape index (κ1) is 13.4. The molecule has 0 aliphatic rings. The van der Waals surface area contributed by atoms with E-state index in [0.29, 0.717) is 5.69 Å². The molecule has 0 bridgehead atoms. The summed E-state index contributed by atoms with van der Waals surface area (Å²) >= 11 is 0. The second kappa shape index (κ2) is 5.62. The highest BCUT2D eigenvalue weighted by Crippen LogP contribution is 2.10. The van der Waals surface area contributed by atoms with E-state index in [1.807, 2.05) is 0 Å². The van der Waals surface area contributed by atoms with Gasteiger partial charge >= 0.3 is 5.97 Å². The van der Waals surface area contributed by atoms with E-state index in [-0.39, 0.29) is 18.6 Å². The van der Waals surface area contributed by atoms with Gasteiger partial charge in [-0.2, -0.15) is 0 Å². The van der Waals surface area contributed by atoms with E-state index >= 15 is 0 Å². The molecule has 1 heterocycles. The van der Waals surface area contributed by atoms with Crippen molar-refractivity contribution >= 4 is 21.7 Å². The van der Waals surface area contributed by atoms with E-state index < -0.39 is 16.0 Å². The van der Waals surface area contributed by atoms with E-state index in [2.05, 4.69) is 9.71 Å². The van der Waals surface area contributed by atoms with Gasteiger partial charge in [0.15, 0.2) is 0 Å². The van der Waals surface area contributed by atoms with Gasteiger partial charge in [0.2, 0.25) is 10.0 Å². The Morgan fingerprint density at radius 3 is 2.76 bits per heavy atom. The molecule has 0 spiro atoms.